The van der Waals surface area contributed by atoms with Crippen molar-refractivity contribution in [3.63, 3.8) is 0 Å². The largest absolute Gasteiger partial charge is 0.309 e. The van der Waals surface area contributed by atoms with Gasteiger partial charge in [-0.05, 0) is 19.9 Å². The Kier molecular flexibility index (Phi) is 6.40. The smallest absolute Gasteiger partial charge is 0.0425 e. The van der Waals surface area contributed by atoms with Crippen LogP contribution < -0.4 is 5.32 Å². The second-order valence-corrected chi connectivity index (χ2v) is 3.64. The molecule has 68 valence electrons. The summed E-state index contributed by atoms with van der Waals surface area (Å²) in [5, 5.41) is 3.33. The van der Waals surface area contributed by atoms with Gasteiger partial charge in [-0.2, -0.15) is 0 Å². The summed E-state index contributed by atoms with van der Waals surface area (Å²) in [6.45, 7) is 5.22. The van der Waals surface area contributed by atoms with Crippen LogP contribution in [0.2, 0.25) is 0 Å². The molecule has 0 saturated heterocycles. The highest BCUT2D eigenvalue weighted by Crippen LogP contribution is 2.08. The minimum absolute atomic E-state index is 0.0850. The SMILES string of the molecule is CCCCNC(C)(CCl)CCl. The fourth-order valence-corrected chi connectivity index (χ4v) is 1.17. The minimum atomic E-state index is -0.0850. The van der Waals surface area contributed by atoms with Gasteiger partial charge < -0.3 is 5.32 Å². The number of halogens is 2. The second-order valence-electron chi connectivity index (χ2n) is 3.11. The van der Waals surface area contributed by atoms with Crippen LogP contribution in [0, 0.1) is 0 Å². The Morgan fingerprint density at radius 1 is 1.27 bits per heavy atom. The van der Waals surface area contributed by atoms with Crippen molar-refractivity contribution in [2.24, 2.45) is 0 Å². The molecule has 0 heterocycles. The second kappa shape index (κ2) is 6.10. The van der Waals surface area contributed by atoms with Gasteiger partial charge in [-0.15, -0.1) is 23.2 Å². The van der Waals surface area contributed by atoms with E-state index in [9.17, 15) is 0 Å². The highest BCUT2D eigenvalue weighted by atomic mass is 35.5. The van der Waals surface area contributed by atoms with Crippen LogP contribution in [-0.4, -0.2) is 23.8 Å². The zero-order valence-electron chi connectivity index (χ0n) is 7.29. The fraction of sp³-hybridized carbons (Fsp3) is 1.00. The molecule has 0 fully saturated rings. The van der Waals surface area contributed by atoms with Crippen LogP contribution in [0.5, 0.6) is 0 Å². The highest BCUT2D eigenvalue weighted by Gasteiger charge is 2.19. The Labute approximate surface area is 79.5 Å². The van der Waals surface area contributed by atoms with E-state index >= 15 is 0 Å². The molecule has 0 aliphatic heterocycles. The van der Waals surface area contributed by atoms with Crippen LogP contribution >= 0.6 is 23.2 Å². The summed E-state index contributed by atoms with van der Waals surface area (Å²) in [7, 11) is 0. The molecule has 0 bridgehead atoms. The van der Waals surface area contributed by atoms with E-state index in [1.165, 1.54) is 12.8 Å². The van der Waals surface area contributed by atoms with Crippen molar-refractivity contribution in [2.45, 2.75) is 32.2 Å². The van der Waals surface area contributed by atoms with E-state index in [-0.39, 0.29) is 5.54 Å². The average Bonchev–Trinajstić information content (AvgIpc) is 2.05. The Balaban J connectivity index is 3.51. The van der Waals surface area contributed by atoms with Gasteiger partial charge in [-0.25, -0.2) is 0 Å². The van der Waals surface area contributed by atoms with Gasteiger partial charge in [0.25, 0.3) is 0 Å². The Morgan fingerprint density at radius 3 is 2.18 bits per heavy atom. The van der Waals surface area contributed by atoms with E-state index in [2.05, 4.69) is 12.2 Å². The molecule has 1 N–H and O–H groups in total. The van der Waals surface area contributed by atoms with Crippen molar-refractivity contribution in [2.75, 3.05) is 18.3 Å². The third-order valence-corrected chi connectivity index (χ3v) is 2.85. The molecule has 0 radical (unpaired) electrons. The molecule has 3 heteroatoms. The van der Waals surface area contributed by atoms with Crippen LogP contribution in [0.1, 0.15) is 26.7 Å². The van der Waals surface area contributed by atoms with E-state index in [1.807, 2.05) is 6.92 Å². The first-order chi connectivity index (χ1) is 5.18. The van der Waals surface area contributed by atoms with E-state index < -0.39 is 0 Å². The van der Waals surface area contributed by atoms with E-state index in [0.29, 0.717) is 11.8 Å². The summed E-state index contributed by atoms with van der Waals surface area (Å²) < 4.78 is 0. The first-order valence-electron chi connectivity index (χ1n) is 4.05. The molecule has 0 saturated carbocycles. The zero-order chi connectivity index (χ0) is 8.74. The van der Waals surface area contributed by atoms with Crippen molar-refractivity contribution in [1.29, 1.82) is 0 Å². The summed E-state index contributed by atoms with van der Waals surface area (Å²) in [6, 6.07) is 0. The standard InChI is InChI=1S/C8H17Cl2N/c1-3-4-5-11-8(2,6-9)7-10/h11H,3-7H2,1-2H3. The summed E-state index contributed by atoms with van der Waals surface area (Å²) in [5.74, 6) is 1.14. The van der Waals surface area contributed by atoms with Crippen molar-refractivity contribution in [3.8, 4) is 0 Å². The lowest BCUT2D eigenvalue weighted by atomic mass is 10.1. The summed E-state index contributed by atoms with van der Waals surface area (Å²) in [5.41, 5.74) is -0.0850. The predicted octanol–water partition coefficient (Wildman–Crippen LogP) is 2.61. The maximum absolute atomic E-state index is 5.74. The summed E-state index contributed by atoms with van der Waals surface area (Å²) in [6.07, 6.45) is 2.39. The summed E-state index contributed by atoms with van der Waals surface area (Å²) in [4.78, 5) is 0. The number of hydrogen-bond donors (Lipinski definition) is 1. The van der Waals surface area contributed by atoms with Gasteiger partial charge in [0.2, 0.25) is 0 Å². The first kappa shape index (κ1) is 11.5. The molecule has 11 heavy (non-hydrogen) atoms. The fourth-order valence-electron chi connectivity index (χ4n) is 0.697. The van der Waals surface area contributed by atoms with Gasteiger partial charge >= 0.3 is 0 Å². The van der Waals surface area contributed by atoms with Crippen molar-refractivity contribution in [3.05, 3.63) is 0 Å². The lowest BCUT2D eigenvalue weighted by Gasteiger charge is -2.25. The number of hydrogen-bond acceptors (Lipinski definition) is 1. The molecular weight excluding hydrogens is 181 g/mol. The van der Waals surface area contributed by atoms with Crippen LogP contribution in [0.15, 0.2) is 0 Å². The summed E-state index contributed by atoms with van der Waals surface area (Å²) >= 11 is 11.5. The molecular formula is C8H17Cl2N. The molecule has 0 spiro atoms. The molecule has 0 aromatic rings. The molecule has 0 unspecified atom stereocenters. The zero-order valence-corrected chi connectivity index (χ0v) is 8.80. The molecule has 0 atom stereocenters. The minimum Gasteiger partial charge on any atom is -0.309 e. The number of unbranched alkanes of at least 4 members (excludes halogenated alkanes) is 1. The van der Waals surface area contributed by atoms with Crippen LogP contribution in [0.25, 0.3) is 0 Å². The maximum atomic E-state index is 5.74. The Bertz CT molecular complexity index is 92.1. The monoisotopic (exact) mass is 197 g/mol. The average molecular weight is 198 g/mol. The molecule has 0 aromatic carbocycles. The third-order valence-electron chi connectivity index (χ3n) is 1.67. The van der Waals surface area contributed by atoms with E-state index in [0.717, 1.165) is 6.54 Å². The number of alkyl halides is 2. The third kappa shape index (κ3) is 4.89. The quantitative estimate of drug-likeness (QED) is 0.511. The van der Waals surface area contributed by atoms with Crippen LogP contribution in [0.3, 0.4) is 0 Å². The van der Waals surface area contributed by atoms with Crippen molar-refractivity contribution >= 4 is 23.2 Å². The number of rotatable bonds is 6. The molecule has 0 aliphatic rings. The molecule has 0 rings (SSSR count). The maximum Gasteiger partial charge on any atom is 0.0425 e. The normalized spacial score (nSPS) is 12.0. The molecule has 1 nitrogen and oxygen atoms in total. The van der Waals surface area contributed by atoms with Crippen LogP contribution in [-0.2, 0) is 0 Å². The topological polar surface area (TPSA) is 12.0 Å². The van der Waals surface area contributed by atoms with E-state index in [4.69, 9.17) is 23.2 Å². The predicted molar refractivity (Wildman–Crippen MR) is 52.8 cm³/mol. The van der Waals surface area contributed by atoms with Gasteiger partial charge in [0.1, 0.15) is 0 Å². The number of nitrogens with one attached hydrogen (secondary N) is 1. The van der Waals surface area contributed by atoms with Gasteiger partial charge in [0, 0.05) is 17.3 Å². The molecule has 0 amide bonds. The lowest BCUT2D eigenvalue weighted by molar-refractivity contribution is 0.431. The lowest BCUT2D eigenvalue weighted by Crippen LogP contribution is -2.46. The van der Waals surface area contributed by atoms with Gasteiger partial charge in [0.05, 0.1) is 0 Å². The Morgan fingerprint density at radius 2 is 1.82 bits per heavy atom. The van der Waals surface area contributed by atoms with E-state index in [1.54, 1.807) is 0 Å². The van der Waals surface area contributed by atoms with Gasteiger partial charge in [0.15, 0.2) is 0 Å². The van der Waals surface area contributed by atoms with Crippen molar-refractivity contribution in [1.82, 2.24) is 5.32 Å². The van der Waals surface area contributed by atoms with Gasteiger partial charge in [-0.3, -0.25) is 0 Å². The van der Waals surface area contributed by atoms with Gasteiger partial charge in [-0.1, -0.05) is 13.3 Å². The molecule has 0 aliphatic carbocycles. The van der Waals surface area contributed by atoms with Crippen molar-refractivity contribution < 1.29 is 0 Å². The van der Waals surface area contributed by atoms with Crippen LogP contribution in [0.4, 0.5) is 0 Å². The molecule has 0 aromatic heterocycles. The first-order valence-corrected chi connectivity index (χ1v) is 5.12. The highest BCUT2D eigenvalue weighted by molar-refractivity contribution is 6.22. The Hall–Kier alpha value is 0.540.